The van der Waals surface area contributed by atoms with Crippen molar-refractivity contribution in [2.75, 3.05) is 5.75 Å². The molecule has 0 heterocycles. The first-order chi connectivity index (χ1) is 7.92. The quantitative estimate of drug-likeness (QED) is 0.776. The van der Waals surface area contributed by atoms with Crippen molar-refractivity contribution in [3.63, 3.8) is 0 Å². The van der Waals surface area contributed by atoms with Crippen molar-refractivity contribution in [2.24, 2.45) is 0 Å². The number of halogens is 1. The standard InChI is InChI=1S/C12H15ClO3S/c1-3-11(17(15,16)4-2)12(14)9-6-5-7-10(13)8-9/h5-8,11H,3-4H2,1-2H3. The van der Waals surface area contributed by atoms with Gasteiger partial charge >= 0.3 is 0 Å². The third-order valence-corrected chi connectivity index (χ3v) is 5.06. The third-order valence-electron chi connectivity index (χ3n) is 2.61. The van der Waals surface area contributed by atoms with Gasteiger partial charge in [-0.05, 0) is 18.6 Å². The lowest BCUT2D eigenvalue weighted by Crippen LogP contribution is -2.31. The van der Waals surface area contributed by atoms with Crippen LogP contribution in [0.3, 0.4) is 0 Å². The van der Waals surface area contributed by atoms with Gasteiger partial charge in [0.1, 0.15) is 5.25 Å². The van der Waals surface area contributed by atoms with Gasteiger partial charge in [-0.25, -0.2) is 8.42 Å². The van der Waals surface area contributed by atoms with Gasteiger partial charge < -0.3 is 0 Å². The topological polar surface area (TPSA) is 51.2 Å². The summed E-state index contributed by atoms with van der Waals surface area (Å²) in [6.07, 6.45) is 0.279. The Morgan fingerprint density at radius 1 is 1.35 bits per heavy atom. The van der Waals surface area contributed by atoms with Crippen molar-refractivity contribution < 1.29 is 13.2 Å². The van der Waals surface area contributed by atoms with Gasteiger partial charge in [-0.3, -0.25) is 4.79 Å². The predicted octanol–water partition coefficient (Wildman–Crippen LogP) is 2.74. The number of hydrogen-bond acceptors (Lipinski definition) is 3. The fourth-order valence-corrected chi connectivity index (χ4v) is 3.19. The van der Waals surface area contributed by atoms with Crippen LogP contribution in [-0.4, -0.2) is 25.2 Å². The molecule has 3 nitrogen and oxygen atoms in total. The van der Waals surface area contributed by atoms with Crippen LogP contribution in [0.15, 0.2) is 24.3 Å². The SMILES string of the molecule is CCC(C(=O)c1cccc(Cl)c1)S(=O)(=O)CC. The lowest BCUT2D eigenvalue weighted by molar-refractivity contribution is 0.0985. The minimum atomic E-state index is -3.36. The normalized spacial score (nSPS) is 13.4. The van der Waals surface area contributed by atoms with E-state index >= 15 is 0 Å². The van der Waals surface area contributed by atoms with E-state index in [0.717, 1.165) is 0 Å². The molecule has 0 saturated carbocycles. The molecule has 1 aromatic carbocycles. The number of benzene rings is 1. The molecule has 0 fully saturated rings. The zero-order valence-corrected chi connectivity index (χ0v) is 11.4. The minimum absolute atomic E-state index is 0.0299. The van der Waals surface area contributed by atoms with Crippen molar-refractivity contribution in [3.8, 4) is 0 Å². The molecule has 94 valence electrons. The largest absolute Gasteiger partial charge is 0.293 e. The Morgan fingerprint density at radius 2 is 2.00 bits per heavy atom. The van der Waals surface area contributed by atoms with Crippen LogP contribution >= 0.6 is 11.6 Å². The Kier molecular flexibility index (Phi) is 4.71. The fraction of sp³-hybridized carbons (Fsp3) is 0.417. The maximum atomic E-state index is 12.1. The summed E-state index contributed by atoms with van der Waals surface area (Å²) in [7, 11) is -3.36. The molecule has 0 radical (unpaired) electrons. The summed E-state index contributed by atoms with van der Waals surface area (Å²) in [5, 5.41) is -0.537. The van der Waals surface area contributed by atoms with Crippen LogP contribution < -0.4 is 0 Å². The molecular formula is C12H15ClO3S. The smallest absolute Gasteiger partial charge is 0.180 e. The highest BCUT2D eigenvalue weighted by atomic mass is 35.5. The van der Waals surface area contributed by atoms with Crippen LogP contribution in [0, 0.1) is 0 Å². The van der Waals surface area contributed by atoms with E-state index < -0.39 is 15.1 Å². The fourth-order valence-electron chi connectivity index (χ4n) is 1.63. The van der Waals surface area contributed by atoms with E-state index in [1.165, 1.54) is 6.07 Å². The van der Waals surface area contributed by atoms with Crippen LogP contribution in [0.2, 0.25) is 5.02 Å². The van der Waals surface area contributed by atoms with Gasteiger partial charge in [0.15, 0.2) is 15.6 Å². The molecule has 5 heteroatoms. The second kappa shape index (κ2) is 5.65. The summed E-state index contributed by atoms with van der Waals surface area (Å²) in [6, 6.07) is 6.37. The van der Waals surface area contributed by atoms with Gasteiger partial charge in [0.05, 0.1) is 0 Å². The van der Waals surface area contributed by atoms with Gasteiger partial charge in [0.25, 0.3) is 0 Å². The van der Waals surface area contributed by atoms with E-state index in [2.05, 4.69) is 0 Å². The first-order valence-electron chi connectivity index (χ1n) is 5.43. The summed E-state index contributed by atoms with van der Waals surface area (Å²) in [5.74, 6) is -0.408. The van der Waals surface area contributed by atoms with Crippen molar-refractivity contribution >= 4 is 27.2 Å². The molecule has 0 bridgehead atoms. The second-order valence-corrected chi connectivity index (χ2v) is 6.63. The van der Waals surface area contributed by atoms with E-state index in [4.69, 9.17) is 11.6 Å². The van der Waals surface area contributed by atoms with Crippen LogP contribution in [0.1, 0.15) is 30.6 Å². The Balaban J connectivity index is 3.11. The molecule has 0 aromatic heterocycles. The van der Waals surface area contributed by atoms with Crippen molar-refractivity contribution in [2.45, 2.75) is 25.5 Å². The number of sulfone groups is 1. The summed E-state index contributed by atoms with van der Waals surface area (Å²) in [4.78, 5) is 12.1. The number of carbonyl (C=O) groups excluding carboxylic acids is 1. The zero-order valence-electron chi connectivity index (χ0n) is 9.81. The molecule has 17 heavy (non-hydrogen) atoms. The number of rotatable bonds is 5. The van der Waals surface area contributed by atoms with E-state index in [1.54, 1.807) is 32.0 Å². The molecule has 1 aromatic rings. The number of Topliss-reactive ketones (excluding diaryl/α,β-unsaturated/α-hetero) is 1. The van der Waals surface area contributed by atoms with E-state index in [-0.39, 0.29) is 18.0 Å². The first-order valence-corrected chi connectivity index (χ1v) is 7.53. The second-order valence-electron chi connectivity index (χ2n) is 3.72. The molecule has 0 aliphatic rings. The van der Waals surface area contributed by atoms with Crippen LogP contribution in [-0.2, 0) is 9.84 Å². The van der Waals surface area contributed by atoms with E-state index in [1.807, 2.05) is 0 Å². The molecule has 1 unspecified atom stereocenters. The third kappa shape index (κ3) is 3.30. The lowest BCUT2D eigenvalue weighted by atomic mass is 10.1. The summed E-state index contributed by atoms with van der Waals surface area (Å²) < 4.78 is 23.6. The van der Waals surface area contributed by atoms with Crippen molar-refractivity contribution in [1.29, 1.82) is 0 Å². The monoisotopic (exact) mass is 274 g/mol. The highest BCUT2D eigenvalue weighted by Crippen LogP contribution is 2.17. The first kappa shape index (κ1) is 14.2. The molecule has 0 amide bonds. The van der Waals surface area contributed by atoms with Crippen LogP contribution in [0.4, 0.5) is 0 Å². The van der Waals surface area contributed by atoms with Gasteiger partial charge in [0, 0.05) is 16.3 Å². The summed E-state index contributed by atoms with van der Waals surface area (Å²) >= 11 is 5.78. The Bertz CT molecular complexity index is 508. The summed E-state index contributed by atoms with van der Waals surface area (Å²) in [6.45, 7) is 3.24. The molecule has 0 aliphatic heterocycles. The van der Waals surface area contributed by atoms with Gasteiger partial charge in [-0.15, -0.1) is 0 Å². The maximum Gasteiger partial charge on any atom is 0.180 e. The average molecular weight is 275 g/mol. The van der Waals surface area contributed by atoms with Crippen molar-refractivity contribution in [1.82, 2.24) is 0 Å². The Labute approximate surface area is 107 Å². The number of hydrogen-bond donors (Lipinski definition) is 0. The molecule has 0 saturated heterocycles. The number of ketones is 1. The van der Waals surface area contributed by atoms with Gasteiger partial charge in [-0.2, -0.15) is 0 Å². The molecular weight excluding hydrogens is 260 g/mol. The molecule has 0 aliphatic carbocycles. The number of carbonyl (C=O) groups is 1. The molecule has 0 spiro atoms. The van der Waals surface area contributed by atoms with Crippen LogP contribution in [0.25, 0.3) is 0 Å². The van der Waals surface area contributed by atoms with Crippen LogP contribution in [0.5, 0.6) is 0 Å². The Hall–Kier alpha value is -0.870. The van der Waals surface area contributed by atoms with Gasteiger partial charge in [-0.1, -0.05) is 37.6 Å². The molecule has 0 N–H and O–H groups in total. The maximum absolute atomic E-state index is 12.1. The molecule has 1 rings (SSSR count). The van der Waals surface area contributed by atoms with Crippen molar-refractivity contribution in [3.05, 3.63) is 34.9 Å². The summed E-state index contributed by atoms with van der Waals surface area (Å²) in [5.41, 5.74) is 0.348. The minimum Gasteiger partial charge on any atom is -0.293 e. The lowest BCUT2D eigenvalue weighted by Gasteiger charge is -2.13. The Morgan fingerprint density at radius 3 is 2.47 bits per heavy atom. The van der Waals surface area contributed by atoms with Gasteiger partial charge in [0.2, 0.25) is 0 Å². The predicted molar refractivity (Wildman–Crippen MR) is 69.3 cm³/mol. The van der Waals surface area contributed by atoms with E-state index in [9.17, 15) is 13.2 Å². The zero-order chi connectivity index (χ0) is 13.1. The average Bonchev–Trinajstić information content (AvgIpc) is 2.29. The molecule has 1 atom stereocenters. The highest BCUT2D eigenvalue weighted by molar-refractivity contribution is 7.92. The highest BCUT2D eigenvalue weighted by Gasteiger charge is 2.29. The van der Waals surface area contributed by atoms with E-state index in [0.29, 0.717) is 10.6 Å².